The van der Waals surface area contributed by atoms with E-state index in [-0.39, 0.29) is 0 Å². The number of nitrogens with one attached hydrogen (secondary N) is 3. The van der Waals surface area contributed by atoms with Crippen LogP contribution >= 0.6 is 0 Å². The van der Waals surface area contributed by atoms with Crippen LogP contribution in [-0.4, -0.2) is 60.3 Å². The summed E-state index contributed by atoms with van der Waals surface area (Å²) in [5.74, 6) is 3.46. The van der Waals surface area contributed by atoms with Crippen molar-refractivity contribution in [3.8, 4) is 11.5 Å². The number of pyridine rings is 2. The standard InChI is InChI=1S/C21H28N6O2/c1-22-19-12-16-15(6-7-23-16)21(25-19)26-20-13-17(18(28-2)14-24-20)29-11-5-10-27-8-3-4-9-27/h6-7,12-14,23H,3-5,8-11H2,1-2H3,(H2,22,24,25,26). The van der Waals surface area contributed by atoms with Crippen molar-refractivity contribution in [3.05, 3.63) is 30.6 Å². The number of methoxy groups -OCH3 is 1. The largest absolute Gasteiger partial charge is 0.491 e. The van der Waals surface area contributed by atoms with Crippen LogP contribution in [0.25, 0.3) is 10.9 Å². The molecule has 0 amide bonds. The molecular weight excluding hydrogens is 368 g/mol. The summed E-state index contributed by atoms with van der Waals surface area (Å²) in [4.78, 5) is 14.8. The van der Waals surface area contributed by atoms with E-state index in [1.807, 2.05) is 31.4 Å². The Balaban J connectivity index is 1.47. The van der Waals surface area contributed by atoms with Crippen LogP contribution in [0.4, 0.5) is 17.5 Å². The highest BCUT2D eigenvalue weighted by Crippen LogP contribution is 2.31. The van der Waals surface area contributed by atoms with Gasteiger partial charge in [-0.1, -0.05) is 0 Å². The Bertz CT molecular complexity index is 951. The topological polar surface area (TPSA) is 87.3 Å². The molecule has 0 atom stereocenters. The molecule has 1 saturated heterocycles. The number of hydrogen-bond acceptors (Lipinski definition) is 7. The molecule has 29 heavy (non-hydrogen) atoms. The Morgan fingerprint density at radius 1 is 1.17 bits per heavy atom. The first kappa shape index (κ1) is 19.3. The summed E-state index contributed by atoms with van der Waals surface area (Å²) in [5.41, 5.74) is 0.999. The van der Waals surface area contributed by atoms with Crippen molar-refractivity contribution in [2.24, 2.45) is 0 Å². The van der Waals surface area contributed by atoms with E-state index in [4.69, 9.17) is 9.47 Å². The Labute approximate surface area is 170 Å². The lowest BCUT2D eigenvalue weighted by Gasteiger charge is -2.16. The fourth-order valence-corrected chi connectivity index (χ4v) is 3.64. The molecule has 154 valence electrons. The lowest BCUT2D eigenvalue weighted by molar-refractivity contribution is 0.254. The van der Waals surface area contributed by atoms with Crippen LogP contribution in [0.2, 0.25) is 0 Å². The molecule has 0 unspecified atom stereocenters. The van der Waals surface area contributed by atoms with Gasteiger partial charge >= 0.3 is 0 Å². The second kappa shape index (κ2) is 9.00. The molecule has 8 nitrogen and oxygen atoms in total. The van der Waals surface area contributed by atoms with E-state index in [0.29, 0.717) is 23.9 Å². The van der Waals surface area contributed by atoms with E-state index in [9.17, 15) is 0 Å². The lowest BCUT2D eigenvalue weighted by Crippen LogP contribution is -2.21. The van der Waals surface area contributed by atoms with Crippen LogP contribution in [0.15, 0.2) is 30.6 Å². The summed E-state index contributed by atoms with van der Waals surface area (Å²) in [6, 6.07) is 5.82. The molecule has 4 rings (SSSR count). The minimum absolute atomic E-state index is 0.625. The zero-order chi connectivity index (χ0) is 20.1. The second-order valence-electron chi connectivity index (χ2n) is 7.14. The number of rotatable bonds is 9. The molecule has 0 radical (unpaired) electrons. The summed E-state index contributed by atoms with van der Waals surface area (Å²) in [5, 5.41) is 7.39. The third-order valence-corrected chi connectivity index (χ3v) is 5.18. The van der Waals surface area contributed by atoms with Crippen LogP contribution in [0.3, 0.4) is 0 Å². The maximum Gasteiger partial charge on any atom is 0.179 e. The number of H-pyrrole nitrogens is 1. The monoisotopic (exact) mass is 396 g/mol. The zero-order valence-electron chi connectivity index (χ0n) is 17.0. The molecule has 0 saturated carbocycles. The second-order valence-corrected chi connectivity index (χ2v) is 7.14. The average molecular weight is 396 g/mol. The smallest absolute Gasteiger partial charge is 0.179 e. The van der Waals surface area contributed by atoms with E-state index >= 15 is 0 Å². The molecule has 0 aromatic carbocycles. The predicted octanol–water partition coefficient (Wildman–Crippen LogP) is 3.62. The Kier molecular flexibility index (Phi) is 6.00. The quantitative estimate of drug-likeness (QED) is 0.476. The molecule has 3 N–H and O–H groups in total. The van der Waals surface area contributed by atoms with Gasteiger partial charge in [-0.2, -0.15) is 0 Å². The van der Waals surface area contributed by atoms with E-state index in [1.54, 1.807) is 13.3 Å². The molecular formula is C21H28N6O2. The summed E-state index contributed by atoms with van der Waals surface area (Å²) in [7, 11) is 3.48. The van der Waals surface area contributed by atoms with Crippen LogP contribution in [0, 0.1) is 0 Å². The normalized spacial score (nSPS) is 14.3. The van der Waals surface area contributed by atoms with Crippen molar-refractivity contribution in [2.45, 2.75) is 19.3 Å². The predicted molar refractivity (Wildman–Crippen MR) is 115 cm³/mol. The van der Waals surface area contributed by atoms with Crippen LogP contribution in [0.1, 0.15) is 19.3 Å². The maximum absolute atomic E-state index is 6.01. The fraction of sp³-hybridized carbons (Fsp3) is 0.429. The van der Waals surface area contributed by atoms with Gasteiger partial charge in [0.2, 0.25) is 0 Å². The van der Waals surface area contributed by atoms with Crippen molar-refractivity contribution < 1.29 is 9.47 Å². The van der Waals surface area contributed by atoms with Gasteiger partial charge in [0.1, 0.15) is 17.5 Å². The van der Waals surface area contributed by atoms with Crippen LogP contribution in [-0.2, 0) is 0 Å². The van der Waals surface area contributed by atoms with E-state index < -0.39 is 0 Å². The van der Waals surface area contributed by atoms with Gasteiger partial charge in [-0.3, -0.25) is 0 Å². The first-order valence-corrected chi connectivity index (χ1v) is 10.1. The van der Waals surface area contributed by atoms with Crippen LogP contribution in [0.5, 0.6) is 11.5 Å². The molecule has 3 aromatic heterocycles. The number of hydrogen-bond donors (Lipinski definition) is 3. The van der Waals surface area contributed by atoms with Crippen molar-refractivity contribution in [3.63, 3.8) is 0 Å². The molecule has 0 spiro atoms. The Morgan fingerprint density at radius 3 is 2.83 bits per heavy atom. The molecule has 4 heterocycles. The summed E-state index contributed by atoms with van der Waals surface area (Å²) in [6.07, 6.45) is 7.18. The molecule has 8 heteroatoms. The van der Waals surface area contributed by atoms with Gasteiger partial charge in [-0.05, 0) is 38.4 Å². The first-order chi connectivity index (χ1) is 14.3. The fourth-order valence-electron chi connectivity index (χ4n) is 3.64. The van der Waals surface area contributed by atoms with E-state index in [2.05, 4.69) is 30.5 Å². The van der Waals surface area contributed by atoms with Gasteiger partial charge in [-0.15, -0.1) is 0 Å². The summed E-state index contributed by atoms with van der Waals surface area (Å²) in [6.45, 7) is 4.13. The average Bonchev–Trinajstić information content (AvgIpc) is 3.43. The molecule has 1 aliphatic rings. The van der Waals surface area contributed by atoms with Crippen molar-refractivity contribution in [2.75, 3.05) is 51.0 Å². The number of aromatic nitrogens is 3. The molecule has 1 aliphatic heterocycles. The molecule has 1 fully saturated rings. The Hall–Kier alpha value is -3.00. The van der Waals surface area contributed by atoms with Crippen molar-refractivity contribution in [1.29, 1.82) is 0 Å². The molecule has 0 aliphatic carbocycles. The number of aromatic amines is 1. The van der Waals surface area contributed by atoms with Gasteiger partial charge < -0.3 is 30.0 Å². The number of anilines is 3. The number of fused-ring (bicyclic) bond motifs is 1. The minimum Gasteiger partial charge on any atom is -0.491 e. The van der Waals surface area contributed by atoms with Gasteiger partial charge in [0.05, 0.1) is 25.4 Å². The van der Waals surface area contributed by atoms with Gasteiger partial charge in [0.15, 0.2) is 11.5 Å². The van der Waals surface area contributed by atoms with E-state index in [1.165, 1.54) is 25.9 Å². The molecule has 3 aromatic rings. The lowest BCUT2D eigenvalue weighted by atomic mass is 10.3. The highest BCUT2D eigenvalue weighted by Gasteiger charge is 2.13. The highest BCUT2D eigenvalue weighted by atomic mass is 16.5. The van der Waals surface area contributed by atoms with Crippen molar-refractivity contribution >= 4 is 28.4 Å². The Morgan fingerprint density at radius 2 is 2.03 bits per heavy atom. The number of nitrogens with zero attached hydrogens (tertiary/aromatic N) is 3. The SMILES string of the molecule is CNc1cc2[nH]ccc2c(Nc2cc(OCCCN3CCCC3)c(OC)cn2)n1. The van der Waals surface area contributed by atoms with Crippen molar-refractivity contribution in [1.82, 2.24) is 19.9 Å². The highest BCUT2D eigenvalue weighted by molar-refractivity contribution is 5.93. The number of likely N-dealkylation sites (tertiary alicyclic amines) is 1. The van der Waals surface area contributed by atoms with Gasteiger partial charge in [0, 0.05) is 37.3 Å². The number of ether oxygens (including phenoxy) is 2. The third kappa shape index (κ3) is 4.54. The zero-order valence-corrected chi connectivity index (χ0v) is 17.0. The summed E-state index contributed by atoms with van der Waals surface area (Å²) >= 11 is 0. The van der Waals surface area contributed by atoms with Gasteiger partial charge in [0.25, 0.3) is 0 Å². The minimum atomic E-state index is 0.625. The third-order valence-electron chi connectivity index (χ3n) is 5.18. The van der Waals surface area contributed by atoms with Gasteiger partial charge in [-0.25, -0.2) is 9.97 Å². The first-order valence-electron chi connectivity index (χ1n) is 10.1. The van der Waals surface area contributed by atoms with Crippen LogP contribution < -0.4 is 20.1 Å². The maximum atomic E-state index is 6.01. The molecule has 0 bridgehead atoms. The van der Waals surface area contributed by atoms with E-state index in [0.717, 1.165) is 35.5 Å². The summed E-state index contributed by atoms with van der Waals surface area (Å²) < 4.78 is 11.4.